The van der Waals surface area contributed by atoms with Crippen molar-refractivity contribution in [2.24, 2.45) is 0 Å². The number of aliphatic hydroxyl groups excluding tert-OH is 1. The van der Waals surface area contributed by atoms with E-state index in [9.17, 15) is 24.8 Å². The van der Waals surface area contributed by atoms with Crippen LogP contribution < -0.4 is 4.74 Å². The summed E-state index contributed by atoms with van der Waals surface area (Å²) in [5, 5.41) is 22.7. The Morgan fingerprint density at radius 2 is 1.92 bits per heavy atom. The molecule has 0 saturated carbocycles. The third kappa shape index (κ3) is 5.09. The number of ether oxygens (including phenoxy) is 2. The van der Waals surface area contributed by atoms with E-state index in [4.69, 9.17) is 9.47 Å². The van der Waals surface area contributed by atoms with Crippen molar-refractivity contribution in [2.45, 2.75) is 19.4 Å². The number of nitro groups is 1. The molecule has 2 aliphatic heterocycles. The number of methoxy groups -OCH3 is 1. The Kier molecular flexibility index (Phi) is 7.66. The summed E-state index contributed by atoms with van der Waals surface area (Å²) in [6.45, 7) is 5.63. The van der Waals surface area contributed by atoms with Crippen LogP contribution in [0.1, 0.15) is 29.2 Å². The highest BCUT2D eigenvalue weighted by Crippen LogP contribution is 2.41. The second-order valence-electron chi connectivity index (χ2n) is 8.83. The van der Waals surface area contributed by atoms with Crippen LogP contribution in [0.4, 0.5) is 5.69 Å². The lowest BCUT2D eigenvalue weighted by Crippen LogP contribution is -2.39. The number of hydrogen-bond donors (Lipinski definition) is 1. The van der Waals surface area contributed by atoms with Gasteiger partial charge in [-0.1, -0.05) is 12.1 Å². The Labute approximate surface area is 208 Å². The van der Waals surface area contributed by atoms with Crippen LogP contribution in [0.5, 0.6) is 5.75 Å². The monoisotopic (exact) mass is 495 g/mol. The second-order valence-corrected chi connectivity index (χ2v) is 8.83. The lowest BCUT2D eigenvalue weighted by molar-refractivity contribution is -0.384. The van der Waals surface area contributed by atoms with E-state index in [-0.39, 0.29) is 23.6 Å². The maximum atomic E-state index is 13.2. The van der Waals surface area contributed by atoms with Gasteiger partial charge in [0.05, 0.1) is 36.9 Å². The number of amides is 1. The molecule has 10 nitrogen and oxygen atoms in total. The minimum Gasteiger partial charge on any atom is -0.507 e. The number of morpholine rings is 1. The van der Waals surface area contributed by atoms with E-state index in [0.29, 0.717) is 48.6 Å². The second kappa shape index (κ2) is 10.9. The minimum absolute atomic E-state index is 0.0832. The highest BCUT2D eigenvalue weighted by molar-refractivity contribution is 6.46. The highest BCUT2D eigenvalue weighted by Gasteiger charge is 2.46. The number of rotatable bonds is 8. The first kappa shape index (κ1) is 25.3. The van der Waals surface area contributed by atoms with Gasteiger partial charge >= 0.3 is 0 Å². The standard InChI is InChI=1S/C26H29N3O7/c1-17-15-20(35-2)7-8-21(17)24(30)22-23(18-5-3-6-19(16-18)29(33)34)28(26(32)25(22)31)10-4-9-27-11-13-36-14-12-27/h3,5-8,15-16,23,30H,4,9-14H2,1-2H3/b24-22+/t23-/m0/s1. The predicted octanol–water partition coefficient (Wildman–Crippen LogP) is 3.06. The Morgan fingerprint density at radius 1 is 1.17 bits per heavy atom. The fourth-order valence-corrected chi connectivity index (χ4v) is 4.73. The molecule has 2 fully saturated rings. The van der Waals surface area contributed by atoms with Crippen molar-refractivity contribution in [1.82, 2.24) is 9.80 Å². The first-order valence-electron chi connectivity index (χ1n) is 11.8. The van der Waals surface area contributed by atoms with Crippen LogP contribution in [0.15, 0.2) is 48.0 Å². The van der Waals surface area contributed by atoms with Gasteiger partial charge < -0.3 is 19.5 Å². The SMILES string of the molecule is COc1ccc(/C(O)=C2\C(=O)C(=O)N(CCCN3CCOCC3)[C@H]2c2cccc([N+](=O)[O-])c2)c(C)c1. The molecule has 2 aliphatic rings. The molecule has 0 radical (unpaired) electrons. The van der Waals surface area contributed by atoms with Crippen molar-refractivity contribution in [1.29, 1.82) is 0 Å². The van der Waals surface area contributed by atoms with Gasteiger partial charge in [0.25, 0.3) is 17.4 Å². The third-order valence-corrected chi connectivity index (χ3v) is 6.60. The van der Waals surface area contributed by atoms with E-state index < -0.39 is 22.7 Å². The number of ketones is 1. The molecule has 0 aromatic heterocycles. The first-order chi connectivity index (χ1) is 17.3. The molecule has 190 valence electrons. The van der Waals surface area contributed by atoms with E-state index in [2.05, 4.69) is 4.90 Å². The van der Waals surface area contributed by atoms with Crippen LogP contribution >= 0.6 is 0 Å². The van der Waals surface area contributed by atoms with Gasteiger partial charge in [0.1, 0.15) is 11.5 Å². The molecule has 36 heavy (non-hydrogen) atoms. The van der Waals surface area contributed by atoms with E-state index in [1.54, 1.807) is 31.2 Å². The lowest BCUT2D eigenvalue weighted by atomic mass is 9.93. The van der Waals surface area contributed by atoms with Gasteiger partial charge in [0.15, 0.2) is 0 Å². The summed E-state index contributed by atoms with van der Waals surface area (Å²) in [5.41, 5.74) is 1.19. The van der Waals surface area contributed by atoms with Gasteiger partial charge in [-0.2, -0.15) is 0 Å². The molecule has 2 aromatic carbocycles. The van der Waals surface area contributed by atoms with E-state index in [1.165, 1.54) is 30.2 Å². The van der Waals surface area contributed by atoms with Gasteiger partial charge in [-0.3, -0.25) is 24.6 Å². The van der Waals surface area contributed by atoms with Crippen molar-refractivity contribution in [3.8, 4) is 5.75 Å². The molecule has 2 saturated heterocycles. The Morgan fingerprint density at radius 3 is 2.58 bits per heavy atom. The first-order valence-corrected chi connectivity index (χ1v) is 11.8. The van der Waals surface area contributed by atoms with Crippen LogP contribution in [0.3, 0.4) is 0 Å². The van der Waals surface area contributed by atoms with Gasteiger partial charge in [-0.25, -0.2) is 0 Å². The van der Waals surface area contributed by atoms with Gasteiger partial charge in [0, 0.05) is 43.9 Å². The number of carbonyl (C=O) groups excluding carboxylic acids is 2. The number of benzene rings is 2. The molecule has 1 N–H and O–H groups in total. The van der Waals surface area contributed by atoms with Crippen LogP contribution in [0, 0.1) is 17.0 Å². The summed E-state index contributed by atoms with van der Waals surface area (Å²) in [6.07, 6.45) is 0.597. The average molecular weight is 496 g/mol. The largest absolute Gasteiger partial charge is 0.507 e. The zero-order valence-corrected chi connectivity index (χ0v) is 20.3. The smallest absolute Gasteiger partial charge is 0.295 e. The molecule has 2 aromatic rings. The number of nitro benzene ring substituents is 1. The molecule has 2 heterocycles. The fourth-order valence-electron chi connectivity index (χ4n) is 4.73. The molecule has 1 amide bonds. The minimum atomic E-state index is -0.948. The molecule has 0 spiro atoms. The molecule has 1 atom stereocenters. The highest BCUT2D eigenvalue weighted by atomic mass is 16.6. The summed E-state index contributed by atoms with van der Waals surface area (Å²) in [4.78, 5) is 40.9. The average Bonchev–Trinajstić information content (AvgIpc) is 3.14. The normalized spacial score (nSPS) is 20.1. The van der Waals surface area contributed by atoms with Crippen molar-refractivity contribution in [3.63, 3.8) is 0 Å². The number of aryl methyl sites for hydroxylation is 1. The Bertz CT molecular complexity index is 1200. The molecule has 0 bridgehead atoms. The fraction of sp³-hybridized carbons (Fsp3) is 0.385. The summed E-state index contributed by atoms with van der Waals surface area (Å²) < 4.78 is 10.6. The molecule has 0 aliphatic carbocycles. The molecule has 10 heteroatoms. The maximum Gasteiger partial charge on any atom is 0.295 e. The van der Waals surface area contributed by atoms with Crippen LogP contribution in [0.2, 0.25) is 0 Å². The molecular formula is C26H29N3O7. The van der Waals surface area contributed by atoms with Crippen molar-refractivity contribution in [3.05, 3.63) is 74.8 Å². The number of carbonyl (C=O) groups is 2. The number of non-ortho nitro benzene ring substituents is 1. The van der Waals surface area contributed by atoms with Crippen LogP contribution in [-0.2, 0) is 14.3 Å². The number of Topliss-reactive ketones (excluding diaryl/α,β-unsaturated/α-hetero) is 1. The van der Waals surface area contributed by atoms with Crippen LogP contribution in [0.25, 0.3) is 5.76 Å². The number of likely N-dealkylation sites (tertiary alicyclic amines) is 1. The van der Waals surface area contributed by atoms with E-state index in [1.807, 2.05) is 0 Å². The van der Waals surface area contributed by atoms with Crippen molar-refractivity contribution in [2.75, 3.05) is 46.5 Å². The Balaban J connectivity index is 1.74. The van der Waals surface area contributed by atoms with Crippen LogP contribution in [-0.4, -0.2) is 78.0 Å². The zero-order valence-electron chi connectivity index (χ0n) is 20.3. The molecule has 0 unspecified atom stereocenters. The van der Waals surface area contributed by atoms with Gasteiger partial charge in [-0.15, -0.1) is 0 Å². The van der Waals surface area contributed by atoms with E-state index in [0.717, 1.165) is 13.1 Å². The summed E-state index contributed by atoms with van der Waals surface area (Å²) in [7, 11) is 1.53. The van der Waals surface area contributed by atoms with Gasteiger partial charge in [-0.05, 0) is 42.7 Å². The molecular weight excluding hydrogens is 466 g/mol. The Hall–Kier alpha value is -3.76. The zero-order chi connectivity index (χ0) is 25.8. The lowest BCUT2D eigenvalue weighted by Gasteiger charge is -2.29. The van der Waals surface area contributed by atoms with Crippen molar-refractivity contribution >= 4 is 23.1 Å². The third-order valence-electron chi connectivity index (χ3n) is 6.60. The quantitative estimate of drug-likeness (QED) is 0.195. The predicted molar refractivity (Wildman–Crippen MR) is 132 cm³/mol. The molecule has 4 rings (SSSR count). The number of nitrogens with zero attached hydrogens (tertiary/aromatic N) is 3. The summed E-state index contributed by atoms with van der Waals surface area (Å²) in [6, 6.07) is 9.89. The number of hydrogen-bond acceptors (Lipinski definition) is 8. The summed E-state index contributed by atoms with van der Waals surface area (Å²) >= 11 is 0. The number of aliphatic hydroxyl groups is 1. The maximum absolute atomic E-state index is 13.2. The summed E-state index contributed by atoms with van der Waals surface area (Å²) in [5.74, 6) is -1.28. The van der Waals surface area contributed by atoms with Crippen molar-refractivity contribution < 1.29 is 29.1 Å². The van der Waals surface area contributed by atoms with E-state index >= 15 is 0 Å². The topological polar surface area (TPSA) is 122 Å². The van der Waals surface area contributed by atoms with Gasteiger partial charge in [0.2, 0.25) is 0 Å².